The summed E-state index contributed by atoms with van der Waals surface area (Å²) in [4.78, 5) is 23.1. The zero-order chi connectivity index (χ0) is 15.9. The van der Waals surface area contributed by atoms with Gasteiger partial charge in [-0.3, -0.25) is 9.63 Å². The number of β-amino-alcohol motifs (C(OH)–C–C–N with tert-alkyl or cyclic N) is 1. The van der Waals surface area contributed by atoms with E-state index in [2.05, 4.69) is 9.88 Å². The molecule has 0 saturated carbocycles. The molecule has 1 aliphatic rings. The molecule has 1 unspecified atom stereocenters. The number of pyridine rings is 1. The van der Waals surface area contributed by atoms with Gasteiger partial charge in [0.15, 0.2) is 0 Å². The molecule has 0 aromatic carbocycles. The Balaban J connectivity index is 1.78. The number of hydrogen-bond acceptors (Lipinski definition) is 5. The first-order chi connectivity index (χ1) is 10.6. The molecule has 1 saturated heterocycles. The molecule has 1 amide bonds. The van der Waals surface area contributed by atoms with E-state index in [1.807, 2.05) is 0 Å². The average Bonchev–Trinajstić information content (AvgIpc) is 2.53. The van der Waals surface area contributed by atoms with Crippen molar-refractivity contribution in [3.05, 3.63) is 29.0 Å². The van der Waals surface area contributed by atoms with Gasteiger partial charge in [-0.05, 0) is 38.1 Å². The number of aliphatic hydroxyl groups excluding tert-OH is 1. The predicted octanol–water partition coefficient (Wildman–Crippen LogP) is 2.11. The van der Waals surface area contributed by atoms with Crippen molar-refractivity contribution in [1.29, 1.82) is 0 Å². The number of carbonyl (C=O) groups is 1. The van der Waals surface area contributed by atoms with Gasteiger partial charge in [-0.2, -0.15) is 0 Å². The first kappa shape index (κ1) is 17.4. The van der Waals surface area contributed by atoms with Crippen LogP contribution in [0.2, 0.25) is 5.15 Å². The lowest BCUT2D eigenvalue weighted by atomic mass is 10.1. The van der Waals surface area contributed by atoms with Crippen LogP contribution in [-0.4, -0.2) is 57.8 Å². The standard InChI is InChI=1S/C14H19Cl2N3O3/c15-13-12(5-4-6-17-13)14(21)19(16)22-10-11(20)9-18-7-2-1-3-8-18/h4-6,11,20H,1-3,7-10H2. The van der Waals surface area contributed by atoms with Gasteiger partial charge in [-0.1, -0.05) is 18.0 Å². The molecular formula is C14H19Cl2N3O3. The van der Waals surface area contributed by atoms with Crippen molar-refractivity contribution in [1.82, 2.24) is 14.5 Å². The third kappa shape index (κ3) is 5.07. The number of likely N-dealkylation sites (tertiary alicyclic amines) is 1. The van der Waals surface area contributed by atoms with Crippen LogP contribution in [0.4, 0.5) is 0 Å². The van der Waals surface area contributed by atoms with Gasteiger partial charge in [0.25, 0.3) is 5.91 Å². The van der Waals surface area contributed by atoms with Crippen molar-refractivity contribution in [2.45, 2.75) is 25.4 Å². The SMILES string of the molecule is O=C(c1cccnc1Cl)N(Cl)OCC(O)CN1CCCCC1. The Kier molecular flexibility index (Phi) is 6.85. The Morgan fingerprint density at radius 2 is 2.18 bits per heavy atom. The summed E-state index contributed by atoms with van der Waals surface area (Å²) in [6.07, 6.45) is 4.29. The number of piperidine rings is 1. The monoisotopic (exact) mass is 347 g/mol. The number of amides is 1. The summed E-state index contributed by atoms with van der Waals surface area (Å²) in [5.74, 6) is -0.620. The van der Waals surface area contributed by atoms with Gasteiger partial charge in [0.05, 0.1) is 11.7 Å². The Bertz CT molecular complexity index is 498. The summed E-state index contributed by atoms with van der Waals surface area (Å²) in [6.45, 7) is 2.40. The van der Waals surface area contributed by atoms with E-state index in [4.69, 9.17) is 28.2 Å². The van der Waals surface area contributed by atoms with Gasteiger partial charge in [0, 0.05) is 24.5 Å². The zero-order valence-electron chi connectivity index (χ0n) is 12.1. The van der Waals surface area contributed by atoms with Crippen LogP contribution < -0.4 is 0 Å². The highest BCUT2D eigenvalue weighted by Gasteiger charge is 2.21. The normalized spacial score (nSPS) is 17.2. The Hall–Kier alpha value is -0.920. The zero-order valence-corrected chi connectivity index (χ0v) is 13.6. The van der Waals surface area contributed by atoms with E-state index in [1.165, 1.54) is 18.7 Å². The molecule has 1 aromatic heterocycles. The smallest absolute Gasteiger partial charge is 0.295 e. The molecule has 1 fully saturated rings. The van der Waals surface area contributed by atoms with Crippen LogP contribution >= 0.6 is 23.4 Å². The van der Waals surface area contributed by atoms with E-state index in [9.17, 15) is 9.90 Å². The minimum Gasteiger partial charge on any atom is -0.389 e. The van der Waals surface area contributed by atoms with Crippen LogP contribution in [0.25, 0.3) is 0 Å². The molecule has 6 nitrogen and oxygen atoms in total. The van der Waals surface area contributed by atoms with Gasteiger partial charge < -0.3 is 10.0 Å². The Morgan fingerprint density at radius 3 is 2.86 bits per heavy atom. The maximum absolute atomic E-state index is 12.0. The third-order valence-electron chi connectivity index (χ3n) is 3.45. The van der Waals surface area contributed by atoms with E-state index in [0.717, 1.165) is 25.9 Å². The molecule has 2 heterocycles. The quantitative estimate of drug-likeness (QED) is 0.485. The number of nitrogens with zero attached hydrogens (tertiary/aromatic N) is 3. The lowest BCUT2D eigenvalue weighted by Gasteiger charge is -2.28. The molecule has 122 valence electrons. The summed E-state index contributed by atoms with van der Waals surface area (Å²) < 4.78 is 0.558. The maximum atomic E-state index is 12.0. The Morgan fingerprint density at radius 1 is 1.45 bits per heavy atom. The number of aliphatic hydroxyl groups is 1. The second-order valence-electron chi connectivity index (χ2n) is 5.20. The fourth-order valence-corrected chi connectivity index (χ4v) is 2.69. The third-order valence-corrected chi connectivity index (χ3v) is 4.00. The lowest BCUT2D eigenvalue weighted by Crippen LogP contribution is -2.39. The molecule has 2 rings (SSSR count). The average molecular weight is 348 g/mol. The van der Waals surface area contributed by atoms with Gasteiger partial charge in [-0.15, -0.1) is 4.58 Å². The van der Waals surface area contributed by atoms with E-state index >= 15 is 0 Å². The molecule has 1 N–H and O–H groups in total. The molecule has 1 aromatic rings. The van der Waals surface area contributed by atoms with E-state index < -0.39 is 12.0 Å². The number of hydroxylamine groups is 1. The first-order valence-corrected chi connectivity index (χ1v) is 7.93. The summed E-state index contributed by atoms with van der Waals surface area (Å²) in [6, 6.07) is 3.08. The van der Waals surface area contributed by atoms with Crippen LogP contribution in [0.15, 0.2) is 18.3 Å². The van der Waals surface area contributed by atoms with Gasteiger partial charge in [0.1, 0.15) is 11.8 Å². The van der Waals surface area contributed by atoms with Crippen molar-refractivity contribution in [3.63, 3.8) is 0 Å². The van der Waals surface area contributed by atoms with Crippen LogP contribution in [-0.2, 0) is 4.84 Å². The number of aromatic nitrogens is 1. The predicted molar refractivity (Wildman–Crippen MR) is 83.5 cm³/mol. The molecule has 8 heteroatoms. The van der Waals surface area contributed by atoms with Crippen molar-refractivity contribution in [2.75, 3.05) is 26.2 Å². The van der Waals surface area contributed by atoms with Crippen molar-refractivity contribution < 1.29 is 14.7 Å². The first-order valence-electron chi connectivity index (χ1n) is 7.22. The summed E-state index contributed by atoms with van der Waals surface area (Å²) >= 11 is 11.6. The highest BCUT2D eigenvalue weighted by atomic mass is 35.5. The lowest BCUT2D eigenvalue weighted by molar-refractivity contribution is -0.0949. The van der Waals surface area contributed by atoms with Gasteiger partial charge in [-0.25, -0.2) is 4.98 Å². The van der Waals surface area contributed by atoms with E-state index in [1.54, 1.807) is 6.07 Å². The van der Waals surface area contributed by atoms with Crippen LogP contribution in [0.1, 0.15) is 29.6 Å². The number of carbonyl (C=O) groups excluding carboxylic acids is 1. The second-order valence-corrected chi connectivity index (χ2v) is 5.87. The fraction of sp³-hybridized carbons (Fsp3) is 0.571. The largest absolute Gasteiger partial charge is 0.389 e. The van der Waals surface area contributed by atoms with Gasteiger partial charge >= 0.3 is 0 Å². The fourth-order valence-electron chi connectivity index (χ4n) is 2.34. The van der Waals surface area contributed by atoms with E-state index in [0.29, 0.717) is 11.1 Å². The molecule has 1 atom stereocenters. The highest BCUT2D eigenvalue weighted by molar-refractivity contribution is 6.34. The highest BCUT2D eigenvalue weighted by Crippen LogP contribution is 2.16. The Labute approximate surface area is 139 Å². The minimum absolute atomic E-state index is 0.0515. The van der Waals surface area contributed by atoms with Crippen LogP contribution in [0, 0.1) is 0 Å². The molecular weight excluding hydrogens is 329 g/mol. The molecule has 0 aliphatic carbocycles. The van der Waals surface area contributed by atoms with Crippen molar-refractivity contribution in [3.8, 4) is 0 Å². The molecule has 22 heavy (non-hydrogen) atoms. The van der Waals surface area contributed by atoms with E-state index in [-0.39, 0.29) is 17.3 Å². The number of hydrogen-bond donors (Lipinski definition) is 1. The molecule has 0 radical (unpaired) electrons. The molecule has 1 aliphatic heterocycles. The summed E-state index contributed by atoms with van der Waals surface area (Å²) in [7, 11) is 0. The number of halogens is 2. The topological polar surface area (TPSA) is 65.9 Å². The van der Waals surface area contributed by atoms with Crippen LogP contribution in [0.3, 0.4) is 0 Å². The minimum atomic E-state index is -0.712. The van der Waals surface area contributed by atoms with Crippen molar-refractivity contribution in [2.24, 2.45) is 0 Å². The maximum Gasteiger partial charge on any atom is 0.295 e. The second kappa shape index (κ2) is 8.64. The van der Waals surface area contributed by atoms with Gasteiger partial charge in [0.2, 0.25) is 0 Å². The number of rotatable bonds is 6. The summed E-state index contributed by atoms with van der Waals surface area (Å²) in [5.41, 5.74) is 0.143. The van der Waals surface area contributed by atoms with Crippen molar-refractivity contribution >= 4 is 29.3 Å². The molecule has 0 spiro atoms. The van der Waals surface area contributed by atoms with Crippen LogP contribution in [0.5, 0.6) is 0 Å². The molecule has 0 bridgehead atoms. The summed E-state index contributed by atoms with van der Waals surface area (Å²) in [5, 5.41) is 10.0.